The molecule has 5 aliphatic rings. The first-order valence-corrected chi connectivity index (χ1v) is 22.2. The number of aliphatic hydroxyl groups is 2. The van der Waals surface area contributed by atoms with Crippen molar-refractivity contribution in [3.05, 3.63) is 70.3 Å². The molecule has 1 spiro atoms. The first kappa shape index (κ1) is 42.1. The van der Waals surface area contributed by atoms with Crippen LogP contribution in [0.1, 0.15) is 138 Å². The Balaban J connectivity index is 0.995. The molecule has 1 saturated heterocycles. The van der Waals surface area contributed by atoms with Crippen LogP contribution in [0.4, 0.5) is 0 Å². The van der Waals surface area contributed by atoms with Gasteiger partial charge in [0.05, 0.1) is 25.1 Å². The number of aliphatic hydroxyl groups excluding tert-OH is 2. The number of H-pyrrole nitrogens is 1. The van der Waals surface area contributed by atoms with E-state index in [4.69, 9.17) is 10.5 Å². The largest absolute Gasteiger partial charge is 0.504 e. The number of allylic oxidation sites excluding steroid dienone is 2. The summed E-state index contributed by atoms with van der Waals surface area (Å²) < 4.78 is 5.45. The fraction of sp³-hybridized carbons (Fsp3) is 0.625. The molecule has 0 bridgehead atoms. The smallest absolute Gasteiger partial charge is 0.160 e. The number of benzene rings is 1. The number of rotatable bonds is 15. The number of ether oxygens (including phenoxy) is 1. The number of phenolic OH excluding ortho intramolecular Hbond substituents is 1. The van der Waals surface area contributed by atoms with Gasteiger partial charge in [-0.3, -0.25) is 9.59 Å². The third-order valence-corrected chi connectivity index (χ3v) is 14.2. The molecule has 1 aromatic heterocycles. The summed E-state index contributed by atoms with van der Waals surface area (Å²) in [7, 11) is 1.51. The number of aromatic amines is 1. The van der Waals surface area contributed by atoms with Crippen molar-refractivity contribution in [3.8, 4) is 23.3 Å². The highest BCUT2D eigenvalue weighted by molar-refractivity contribution is 5.85. The number of carbonyl (C=O) groups is 2. The molecular formula is C48H66N4O6. The summed E-state index contributed by atoms with van der Waals surface area (Å²) in [4.78, 5) is 29.2. The summed E-state index contributed by atoms with van der Waals surface area (Å²) in [6, 6.07) is 5.91. The minimum absolute atomic E-state index is 0.0172. The zero-order valence-electron chi connectivity index (χ0n) is 34.5. The van der Waals surface area contributed by atoms with Crippen LogP contribution < -0.4 is 21.1 Å². The normalized spacial score (nSPS) is 26.8. The average Bonchev–Trinajstić information content (AvgIpc) is 3.75. The molecule has 7 rings (SSSR count). The number of hydrogen-bond donors (Lipinski definition) is 7. The van der Waals surface area contributed by atoms with Gasteiger partial charge in [-0.2, -0.15) is 0 Å². The van der Waals surface area contributed by atoms with Gasteiger partial charge < -0.3 is 41.4 Å². The van der Waals surface area contributed by atoms with Crippen molar-refractivity contribution in [2.24, 2.45) is 23.5 Å². The van der Waals surface area contributed by atoms with Crippen LogP contribution >= 0.6 is 0 Å². The minimum Gasteiger partial charge on any atom is -0.504 e. The van der Waals surface area contributed by atoms with Crippen molar-refractivity contribution >= 4 is 11.6 Å². The number of nitrogens with one attached hydrogen (secondary N) is 3. The molecule has 58 heavy (non-hydrogen) atoms. The van der Waals surface area contributed by atoms with Gasteiger partial charge in [0.15, 0.2) is 17.3 Å². The van der Waals surface area contributed by atoms with Gasteiger partial charge >= 0.3 is 0 Å². The maximum absolute atomic E-state index is 13.8. The highest BCUT2D eigenvalue weighted by Gasteiger charge is 2.48. The van der Waals surface area contributed by atoms with Crippen LogP contribution in [-0.2, 0) is 22.4 Å². The van der Waals surface area contributed by atoms with Gasteiger partial charge in [0.25, 0.3) is 0 Å². The Kier molecular flexibility index (Phi) is 14.0. The van der Waals surface area contributed by atoms with E-state index in [0.717, 1.165) is 48.8 Å². The van der Waals surface area contributed by atoms with E-state index >= 15 is 0 Å². The highest BCUT2D eigenvalue weighted by atomic mass is 16.5. The lowest BCUT2D eigenvalue weighted by Crippen LogP contribution is -2.63. The number of nitrogens with two attached hydrogens (primary N) is 1. The zero-order chi connectivity index (χ0) is 40.6. The summed E-state index contributed by atoms with van der Waals surface area (Å²) in [6.07, 6.45) is 21.4. The number of phenols is 1. The molecule has 8 N–H and O–H groups in total. The molecule has 3 heterocycles. The molecule has 2 aromatic rings. The maximum Gasteiger partial charge on any atom is 0.160 e. The van der Waals surface area contributed by atoms with E-state index in [1.54, 1.807) is 12.1 Å². The third-order valence-electron chi connectivity index (χ3n) is 14.2. The van der Waals surface area contributed by atoms with Crippen molar-refractivity contribution in [2.75, 3.05) is 13.7 Å². The SMILES string of the molecule is COc1cc2c(cc1O)[C@H](CC[C@H](O)CCC1=C(Cc3cc[nH]c3)CNC(N)=C1)C#C[C@H]([C@H](O)CCCC[C@@H]1C[C@@H]3CCC(=O)C[C@H]3NC13CCCCC3)C(=O)CC2. The van der Waals surface area contributed by atoms with Gasteiger partial charge in [-0.1, -0.05) is 43.9 Å². The van der Waals surface area contributed by atoms with Crippen LogP contribution in [0, 0.1) is 29.6 Å². The van der Waals surface area contributed by atoms with E-state index in [2.05, 4.69) is 33.5 Å². The summed E-state index contributed by atoms with van der Waals surface area (Å²) in [5.41, 5.74) is 11.6. The lowest BCUT2D eigenvalue weighted by Gasteiger charge is -2.54. The summed E-state index contributed by atoms with van der Waals surface area (Å²) in [5.74, 6) is 7.98. The molecule has 0 unspecified atom stereocenters. The van der Waals surface area contributed by atoms with Crippen LogP contribution in [-0.4, -0.2) is 69.3 Å². The lowest BCUT2D eigenvalue weighted by molar-refractivity contribution is -0.124. The first-order valence-electron chi connectivity index (χ1n) is 22.2. The van der Waals surface area contributed by atoms with Crippen molar-refractivity contribution in [2.45, 2.75) is 158 Å². The van der Waals surface area contributed by atoms with Gasteiger partial charge in [-0.05, 0) is 141 Å². The van der Waals surface area contributed by atoms with Crippen LogP contribution in [0.15, 0.2) is 53.6 Å². The number of ketones is 2. The number of dihydropyridines is 1. The van der Waals surface area contributed by atoms with E-state index in [9.17, 15) is 24.9 Å². The molecule has 10 heteroatoms. The number of piperidine rings is 1. The van der Waals surface area contributed by atoms with Gasteiger partial charge in [-0.25, -0.2) is 0 Å². The number of unbranched alkanes of at least 4 members (excludes halogenated alkanes) is 1. The predicted octanol–water partition coefficient (Wildman–Crippen LogP) is 6.78. The monoisotopic (exact) mass is 794 g/mol. The lowest BCUT2D eigenvalue weighted by atomic mass is 9.62. The molecule has 0 radical (unpaired) electrons. The Morgan fingerprint density at radius 2 is 1.86 bits per heavy atom. The first-order chi connectivity index (χ1) is 28.1. The number of fused-ring (bicyclic) bond motifs is 2. The molecule has 0 amide bonds. The van der Waals surface area contributed by atoms with Crippen LogP contribution in [0.5, 0.6) is 11.5 Å². The van der Waals surface area contributed by atoms with E-state index in [0.29, 0.717) is 93.1 Å². The summed E-state index contributed by atoms with van der Waals surface area (Å²) >= 11 is 0. The molecule has 3 fully saturated rings. The standard InChI is InChI=1S/C48H66N4O6/c1-58-46-25-34-13-18-44(56)40(43(55)8-4-3-7-37-24-35-11-16-39(54)27-42(35)52-48(37)20-5-2-6-21-48)17-12-32(41(34)28-45(46)57)9-14-38(53)15-10-33-26-47(49)51-30-36(33)23-31-19-22-50-29-31/h19,22,25-26,28-29,32,35,37-38,40,42-43,50-53,55,57H,2-11,13-16,18,20-21,23-24,27,30,49H2,1H3/t32-,35+,37-,38+,40-,42-,43-/m1/s1. The number of aryl methyl sites for hydroxylation is 1. The van der Waals surface area contributed by atoms with E-state index in [1.165, 1.54) is 56.8 Å². The van der Waals surface area contributed by atoms with E-state index in [-0.39, 0.29) is 29.4 Å². The second-order valence-corrected chi connectivity index (χ2v) is 18.0. The van der Waals surface area contributed by atoms with Gasteiger partial charge in [-0.15, -0.1) is 0 Å². The second kappa shape index (κ2) is 19.4. The molecule has 314 valence electrons. The fourth-order valence-electron chi connectivity index (χ4n) is 10.9. The van der Waals surface area contributed by atoms with Gasteiger partial charge in [0, 0.05) is 55.7 Å². The van der Waals surface area contributed by atoms with Crippen molar-refractivity contribution < 1.29 is 29.6 Å². The molecule has 2 saturated carbocycles. The van der Waals surface area contributed by atoms with Crippen molar-refractivity contribution in [1.82, 2.24) is 15.6 Å². The number of Topliss-reactive ketones (excluding diaryl/α,β-unsaturated/α-hetero) is 2. The molecular weight excluding hydrogens is 729 g/mol. The van der Waals surface area contributed by atoms with Crippen LogP contribution in [0.25, 0.3) is 0 Å². The quantitative estimate of drug-likeness (QED) is 0.0759. The maximum atomic E-state index is 13.8. The number of hydrogen-bond acceptors (Lipinski definition) is 9. The third kappa shape index (κ3) is 10.2. The molecule has 3 aliphatic carbocycles. The van der Waals surface area contributed by atoms with Gasteiger partial charge in [0.2, 0.25) is 0 Å². The molecule has 1 aromatic carbocycles. The van der Waals surface area contributed by atoms with E-state index < -0.39 is 18.1 Å². The van der Waals surface area contributed by atoms with Crippen molar-refractivity contribution in [1.29, 1.82) is 0 Å². The molecule has 7 atom stereocenters. The van der Waals surface area contributed by atoms with Crippen LogP contribution in [0.3, 0.4) is 0 Å². The number of aromatic hydroxyl groups is 1. The highest BCUT2D eigenvalue weighted by Crippen LogP contribution is 2.47. The Bertz CT molecular complexity index is 1870. The fourth-order valence-corrected chi connectivity index (χ4v) is 10.9. The Hall–Kier alpha value is -4.04. The summed E-state index contributed by atoms with van der Waals surface area (Å²) in [6.45, 7) is 0.676. The average molecular weight is 795 g/mol. The van der Waals surface area contributed by atoms with Gasteiger partial charge in [0.1, 0.15) is 11.7 Å². The predicted molar refractivity (Wildman–Crippen MR) is 226 cm³/mol. The number of methoxy groups -OCH3 is 1. The topological polar surface area (TPSA) is 170 Å². The molecule has 2 aliphatic heterocycles. The minimum atomic E-state index is -0.864. The number of carbonyl (C=O) groups excluding carboxylic acids is 2. The Morgan fingerprint density at radius 3 is 2.66 bits per heavy atom. The second-order valence-electron chi connectivity index (χ2n) is 18.0. The van der Waals surface area contributed by atoms with E-state index in [1.807, 2.05) is 18.5 Å². The van der Waals surface area contributed by atoms with Crippen LogP contribution in [0.2, 0.25) is 0 Å². The Labute approximate surface area is 344 Å². The van der Waals surface area contributed by atoms with Crippen molar-refractivity contribution in [3.63, 3.8) is 0 Å². The summed E-state index contributed by atoms with van der Waals surface area (Å²) in [5, 5.41) is 41.0. The Morgan fingerprint density at radius 1 is 1.02 bits per heavy atom. The molecule has 10 nitrogen and oxygen atoms in total. The zero-order valence-corrected chi connectivity index (χ0v) is 34.5. The number of aromatic nitrogens is 1.